The zero-order chi connectivity index (χ0) is 20.9. The maximum atomic E-state index is 12.7. The Morgan fingerprint density at radius 2 is 1.90 bits per heavy atom. The number of para-hydroxylation sites is 2. The molecule has 0 aliphatic carbocycles. The third-order valence-corrected chi connectivity index (χ3v) is 4.96. The van der Waals surface area contributed by atoms with Crippen LogP contribution >= 0.6 is 0 Å². The van der Waals surface area contributed by atoms with Crippen LogP contribution in [0.5, 0.6) is 11.5 Å². The minimum atomic E-state index is -0.152. The summed E-state index contributed by atoms with van der Waals surface area (Å²) < 4.78 is 16.8. The Balaban J connectivity index is 1.49. The quantitative estimate of drug-likeness (QED) is 0.549. The van der Waals surface area contributed by atoms with E-state index in [1.807, 2.05) is 55.5 Å². The standard InChI is InChI=1S/C23H25N3O4/c1-3-13-29-18-11-9-16(10-12-18)22-24-23(30-25-22)17-14-21(27)26(15-17)19-7-5-6-8-20(19)28-4-2/h5-12,17H,3-4,13-15H2,1-2H3. The molecule has 7 nitrogen and oxygen atoms in total. The van der Waals surface area contributed by atoms with Gasteiger partial charge in [0.15, 0.2) is 0 Å². The zero-order valence-corrected chi connectivity index (χ0v) is 17.2. The van der Waals surface area contributed by atoms with Crippen molar-refractivity contribution < 1.29 is 18.8 Å². The molecule has 1 aliphatic rings. The van der Waals surface area contributed by atoms with Crippen LogP contribution in [0.1, 0.15) is 38.5 Å². The number of rotatable bonds is 8. The van der Waals surface area contributed by atoms with E-state index in [1.54, 1.807) is 4.90 Å². The van der Waals surface area contributed by atoms with Crippen LogP contribution in [0.25, 0.3) is 11.4 Å². The molecule has 0 N–H and O–H groups in total. The molecule has 7 heteroatoms. The van der Waals surface area contributed by atoms with Crippen molar-refractivity contribution >= 4 is 11.6 Å². The molecule has 1 atom stereocenters. The minimum Gasteiger partial charge on any atom is -0.494 e. The molecule has 2 aromatic carbocycles. The van der Waals surface area contributed by atoms with Gasteiger partial charge in [-0.1, -0.05) is 24.2 Å². The van der Waals surface area contributed by atoms with Gasteiger partial charge < -0.3 is 18.9 Å². The van der Waals surface area contributed by atoms with Crippen LogP contribution in [0.3, 0.4) is 0 Å². The lowest BCUT2D eigenvalue weighted by atomic mass is 10.1. The predicted molar refractivity (Wildman–Crippen MR) is 113 cm³/mol. The highest BCUT2D eigenvalue weighted by molar-refractivity contribution is 5.97. The van der Waals surface area contributed by atoms with Gasteiger partial charge in [-0.2, -0.15) is 4.98 Å². The number of ether oxygens (including phenoxy) is 2. The number of carbonyl (C=O) groups excluding carboxylic acids is 1. The lowest BCUT2D eigenvalue weighted by Crippen LogP contribution is -2.25. The Hall–Kier alpha value is -3.35. The second-order valence-electron chi connectivity index (χ2n) is 7.14. The summed E-state index contributed by atoms with van der Waals surface area (Å²) in [6.45, 7) is 5.70. The first-order valence-corrected chi connectivity index (χ1v) is 10.3. The molecule has 0 radical (unpaired) electrons. The first-order chi connectivity index (χ1) is 14.7. The molecule has 1 aliphatic heterocycles. The number of amides is 1. The summed E-state index contributed by atoms with van der Waals surface area (Å²) in [5, 5.41) is 4.11. The third-order valence-electron chi connectivity index (χ3n) is 4.96. The SMILES string of the molecule is CCCOc1ccc(-c2noc(C3CC(=O)N(c4ccccc4OCC)C3)n2)cc1. The number of nitrogens with zero attached hydrogens (tertiary/aromatic N) is 3. The van der Waals surface area contributed by atoms with Crippen LogP contribution in [0, 0.1) is 0 Å². The molecule has 1 saturated heterocycles. The van der Waals surface area contributed by atoms with Gasteiger partial charge in [0.25, 0.3) is 0 Å². The largest absolute Gasteiger partial charge is 0.494 e. The molecule has 1 fully saturated rings. The number of hydrogen-bond acceptors (Lipinski definition) is 6. The van der Waals surface area contributed by atoms with E-state index >= 15 is 0 Å². The Morgan fingerprint density at radius 3 is 2.67 bits per heavy atom. The average Bonchev–Trinajstić information content (AvgIpc) is 3.40. The molecule has 4 rings (SSSR count). The Morgan fingerprint density at radius 1 is 1.10 bits per heavy atom. The maximum absolute atomic E-state index is 12.7. The van der Waals surface area contributed by atoms with E-state index in [1.165, 1.54) is 0 Å². The third kappa shape index (κ3) is 4.15. The van der Waals surface area contributed by atoms with Gasteiger partial charge in [0.05, 0.1) is 24.8 Å². The second kappa shape index (κ2) is 8.98. The topological polar surface area (TPSA) is 77.7 Å². The lowest BCUT2D eigenvalue weighted by molar-refractivity contribution is -0.117. The van der Waals surface area contributed by atoms with E-state index in [9.17, 15) is 4.79 Å². The monoisotopic (exact) mass is 407 g/mol. The van der Waals surface area contributed by atoms with Gasteiger partial charge in [0.1, 0.15) is 11.5 Å². The van der Waals surface area contributed by atoms with Gasteiger partial charge in [0, 0.05) is 18.5 Å². The molecular formula is C23H25N3O4. The van der Waals surface area contributed by atoms with Gasteiger partial charge in [-0.25, -0.2) is 0 Å². The fraction of sp³-hybridized carbons (Fsp3) is 0.348. The van der Waals surface area contributed by atoms with Crippen LogP contribution in [0.4, 0.5) is 5.69 Å². The van der Waals surface area contributed by atoms with Crippen LogP contribution in [-0.2, 0) is 4.79 Å². The molecule has 156 valence electrons. The zero-order valence-electron chi connectivity index (χ0n) is 17.2. The summed E-state index contributed by atoms with van der Waals surface area (Å²) >= 11 is 0. The van der Waals surface area contributed by atoms with Gasteiger partial charge >= 0.3 is 0 Å². The number of benzene rings is 2. The highest BCUT2D eigenvalue weighted by Crippen LogP contribution is 2.36. The first-order valence-electron chi connectivity index (χ1n) is 10.3. The first kappa shape index (κ1) is 19.9. The summed E-state index contributed by atoms with van der Waals surface area (Å²) in [5.41, 5.74) is 1.62. The molecule has 1 aromatic heterocycles. The highest BCUT2D eigenvalue weighted by Gasteiger charge is 2.36. The molecule has 1 unspecified atom stereocenters. The van der Waals surface area contributed by atoms with Crippen LogP contribution in [-0.4, -0.2) is 35.8 Å². The molecular weight excluding hydrogens is 382 g/mol. The van der Waals surface area contributed by atoms with Crippen molar-refractivity contribution in [1.82, 2.24) is 10.1 Å². The summed E-state index contributed by atoms with van der Waals surface area (Å²) in [4.78, 5) is 19.0. The van der Waals surface area contributed by atoms with Crippen LogP contribution in [0.15, 0.2) is 53.1 Å². The number of anilines is 1. The van der Waals surface area contributed by atoms with Crippen LogP contribution < -0.4 is 14.4 Å². The molecule has 2 heterocycles. The lowest BCUT2D eigenvalue weighted by Gasteiger charge is -2.19. The maximum Gasteiger partial charge on any atom is 0.232 e. The van der Waals surface area contributed by atoms with Gasteiger partial charge in [-0.15, -0.1) is 0 Å². The molecule has 0 spiro atoms. The van der Waals surface area contributed by atoms with Gasteiger partial charge in [-0.3, -0.25) is 4.79 Å². The molecule has 0 saturated carbocycles. The summed E-state index contributed by atoms with van der Waals surface area (Å²) in [6, 6.07) is 15.2. The summed E-state index contributed by atoms with van der Waals surface area (Å²) in [7, 11) is 0. The van der Waals surface area contributed by atoms with E-state index in [0.29, 0.717) is 43.6 Å². The number of hydrogen-bond donors (Lipinski definition) is 0. The fourth-order valence-electron chi connectivity index (χ4n) is 3.50. The van der Waals surface area contributed by atoms with Gasteiger partial charge in [-0.05, 0) is 49.7 Å². The molecule has 3 aromatic rings. The van der Waals surface area contributed by atoms with Crippen molar-refractivity contribution in [2.75, 3.05) is 24.7 Å². The van der Waals surface area contributed by atoms with Crippen molar-refractivity contribution in [2.24, 2.45) is 0 Å². The second-order valence-corrected chi connectivity index (χ2v) is 7.14. The molecule has 30 heavy (non-hydrogen) atoms. The van der Waals surface area contributed by atoms with Crippen molar-refractivity contribution in [3.05, 3.63) is 54.4 Å². The molecule has 1 amide bonds. The Kier molecular flexibility index (Phi) is 5.97. The Bertz CT molecular complexity index is 1000. The van der Waals surface area contributed by atoms with Crippen molar-refractivity contribution in [1.29, 1.82) is 0 Å². The minimum absolute atomic E-state index is 0.0179. The normalized spacial score (nSPS) is 16.1. The van der Waals surface area contributed by atoms with Crippen molar-refractivity contribution in [3.63, 3.8) is 0 Å². The fourth-order valence-corrected chi connectivity index (χ4v) is 3.50. The van der Waals surface area contributed by atoms with Crippen LogP contribution in [0.2, 0.25) is 0 Å². The van der Waals surface area contributed by atoms with Crippen molar-refractivity contribution in [2.45, 2.75) is 32.6 Å². The van der Waals surface area contributed by atoms with E-state index in [4.69, 9.17) is 14.0 Å². The highest BCUT2D eigenvalue weighted by atomic mass is 16.5. The van der Waals surface area contributed by atoms with E-state index in [2.05, 4.69) is 17.1 Å². The number of aromatic nitrogens is 2. The summed E-state index contributed by atoms with van der Waals surface area (Å²) in [5.74, 6) is 2.36. The van der Waals surface area contributed by atoms with Crippen molar-refractivity contribution in [3.8, 4) is 22.9 Å². The van der Waals surface area contributed by atoms with E-state index < -0.39 is 0 Å². The average molecular weight is 407 g/mol. The summed E-state index contributed by atoms with van der Waals surface area (Å²) in [6.07, 6.45) is 1.29. The Labute approximate surface area is 175 Å². The van der Waals surface area contributed by atoms with Gasteiger partial charge in [0.2, 0.25) is 17.6 Å². The smallest absolute Gasteiger partial charge is 0.232 e. The van der Waals surface area contributed by atoms with E-state index in [0.717, 1.165) is 23.4 Å². The number of carbonyl (C=O) groups is 1. The van der Waals surface area contributed by atoms with E-state index in [-0.39, 0.29) is 11.8 Å². The predicted octanol–water partition coefficient (Wildman–Crippen LogP) is 4.44. The molecule has 0 bridgehead atoms.